The molecule has 2 unspecified atom stereocenters. The zero-order valence-corrected chi connectivity index (χ0v) is 11.8. The predicted molar refractivity (Wildman–Crippen MR) is 71.6 cm³/mol. The zero-order valence-electron chi connectivity index (χ0n) is 11.8. The number of esters is 1. The minimum Gasteiger partial charge on any atom is -0.464 e. The minimum atomic E-state index is -1.50. The Labute approximate surface area is 109 Å². The number of benzene rings is 1. The van der Waals surface area contributed by atoms with E-state index >= 15 is 0 Å². The highest BCUT2D eigenvalue weighted by Crippen LogP contribution is 2.30. The van der Waals surface area contributed by atoms with Crippen molar-refractivity contribution in [2.24, 2.45) is 0 Å². The van der Waals surface area contributed by atoms with Crippen LogP contribution < -0.4 is 0 Å². The van der Waals surface area contributed by atoms with Crippen LogP contribution in [0.2, 0.25) is 0 Å². The summed E-state index contributed by atoms with van der Waals surface area (Å²) < 4.78 is 4.91. The highest BCUT2D eigenvalue weighted by atomic mass is 16.5. The van der Waals surface area contributed by atoms with Crippen LogP contribution in [-0.4, -0.2) is 23.3 Å². The molecule has 3 nitrogen and oxygen atoms in total. The van der Waals surface area contributed by atoms with E-state index < -0.39 is 11.6 Å². The van der Waals surface area contributed by atoms with Crippen LogP contribution in [0.4, 0.5) is 0 Å². The van der Waals surface area contributed by atoms with Crippen LogP contribution >= 0.6 is 0 Å². The fourth-order valence-corrected chi connectivity index (χ4v) is 1.81. The van der Waals surface area contributed by atoms with E-state index in [1.54, 1.807) is 6.92 Å². The van der Waals surface area contributed by atoms with Gasteiger partial charge in [-0.15, -0.1) is 0 Å². The van der Waals surface area contributed by atoms with Crippen LogP contribution in [0.1, 0.15) is 43.4 Å². The first-order valence-electron chi connectivity index (χ1n) is 6.27. The van der Waals surface area contributed by atoms with Gasteiger partial charge in [-0.1, -0.05) is 25.1 Å². The zero-order chi connectivity index (χ0) is 13.9. The molecule has 0 fully saturated rings. The molecule has 1 rings (SSSR count). The Bertz CT molecular complexity index is 435. The van der Waals surface area contributed by atoms with Gasteiger partial charge in [0.15, 0.2) is 5.60 Å². The van der Waals surface area contributed by atoms with Crippen molar-refractivity contribution < 1.29 is 14.6 Å². The van der Waals surface area contributed by atoms with E-state index in [0.29, 0.717) is 0 Å². The van der Waals surface area contributed by atoms with E-state index in [1.165, 1.54) is 12.5 Å². The van der Waals surface area contributed by atoms with E-state index in [4.69, 9.17) is 4.74 Å². The molecule has 3 heteroatoms. The topological polar surface area (TPSA) is 46.5 Å². The van der Waals surface area contributed by atoms with Gasteiger partial charge in [0.25, 0.3) is 0 Å². The summed E-state index contributed by atoms with van der Waals surface area (Å²) in [5, 5.41) is 10.3. The Morgan fingerprint density at radius 3 is 2.50 bits per heavy atom. The molecule has 100 valence electrons. The highest BCUT2D eigenvalue weighted by molar-refractivity contribution is 5.80. The maximum atomic E-state index is 11.8. The van der Waals surface area contributed by atoms with Crippen molar-refractivity contribution in [2.75, 3.05) is 6.61 Å². The second kappa shape index (κ2) is 5.53. The molecule has 0 heterocycles. The Balaban J connectivity index is 3.01. The standard InChI is InChI=1S/C15H22O3/c1-6-18-14(16)15(5,17)12(4)13-8-7-10(2)11(3)9-13/h7-9,12,17H,6H2,1-5H3. The number of rotatable bonds is 4. The number of hydrogen-bond acceptors (Lipinski definition) is 3. The normalized spacial score (nSPS) is 15.9. The third-order valence-electron chi connectivity index (χ3n) is 3.56. The van der Waals surface area contributed by atoms with Gasteiger partial charge in [-0.25, -0.2) is 4.79 Å². The van der Waals surface area contributed by atoms with Gasteiger partial charge in [-0.2, -0.15) is 0 Å². The summed E-state index contributed by atoms with van der Waals surface area (Å²) in [5.41, 5.74) is 1.79. The van der Waals surface area contributed by atoms with Crippen molar-refractivity contribution in [3.05, 3.63) is 34.9 Å². The lowest BCUT2D eigenvalue weighted by Crippen LogP contribution is -2.41. The molecule has 1 aromatic rings. The summed E-state index contributed by atoms with van der Waals surface area (Å²) in [4.78, 5) is 11.8. The first-order chi connectivity index (χ1) is 8.30. The molecule has 0 spiro atoms. The van der Waals surface area contributed by atoms with Crippen molar-refractivity contribution in [2.45, 2.75) is 46.1 Å². The Hall–Kier alpha value is -1.35. The number of aryl methyl sites for hydroxylation is 2. The predicted octanol–water partition coefficient (Wildman–Crippen LogP) is 2.72. The van der Waals surface area contributed by atoms with Crippen LogP contribution in [-0.2, 0) is 9.53 Å². The quantitative estimate of drug-likeness (QED) is 0.836. The molecule has 0 aliphatic heterocycles. The monoisotopic (exact) mass is 250 g/mol. The van der Waals surface area contributed by atoms with Crippen molar-refractivity contribution in [3.63, 3.8) is 0 Å². The van der Waals surface area contributed by atoms with Crippen LogP contribution in [0.5, 0.6) is 0 Å². The van der Waals surface area contributed by atoms with Gasteiger partial charge in [0.2, 0.25) is 0 Å². The first kappa shape index (κ1) is 14.7. The van der Waals surface area contributed by atoms with Gasteiger partial charge >= 0.3 is 5.97 Å². The van der Waals surface area contributed by atoms with Crippen LogP contribution in [0.3, 0.4) is 0 Å². The van der Waals surface area contributed by atoms with Crippen molar-refractivity contribution in [1.82, 2.24) is 0 Å². The van der Waals surface area contributed by atoms with E-state index in [0.717, 1.165) is 11.1 Å². The van der Waals surface area contributed by atoms with E-state index in [9.17, 15) is 9.90 Å². The third kappa shape index (κ3) is 2.91. The molecule has 0 saturated heterocycles. The second-order valence-corrected chi connectivity index (χ2v) is 4.93. The molecule has 0 radical (unpaired) electrons. The van der Waals surface area contributed by atoms with Crippen molar-refractivity contribution >= 4 is 5.97 Å². The summed E-state index contributed by atoms with van der Waals surface area (Å²) in [6.45, 7) is 9.40. The van der Waals surface area contributed by atoms with Gasteiger partial charge in [0.05, 0.1) is 6.61 Å². The smallest absolute Gasteiger partial charge is 0.338 e. The summed E-state index contributed by atoms with van der Waals surface area (Å²) >= 11 is 0. The number of hydrogen-bond donors (Lipinski definition) is 1. The second-order valence-electron chi connectivity index (χ2n) is 4.93. The molecular formula is C15H22O3. The van der Waals surface area contributed by atoms with E-state index in [-0.39, 0.29) is 12.5 Å². The minimum absolute atomic E-state index is 0.272. The molecule has 0 aliphatic carbocycles. The highest BCUT2D eigenvalue weighted by Gasteiger charge is 2.38. The number of carbonyl (C=O) groups excluding carboxylic acids is 1. The molecule has 0 aliphatic rings. The summed E-state index contributed by atoms with van der Waals surface area (Å²) in [7, 11) is 0. The molecular weight excluding hydrogens is 228 g/mol. The van der Waals surface area contributed by atoms with Gasteiger partial charge in [0, 0.05) is 5.92 Å². The lowest BCUT2D eigenvalue weighted by Gasteiger charge is -2.28. The Morgan fingerprint density at radius 1 is 1.39 bits per heavy atom. The molecule has 1 aromatic carbocycles. The Kier molecular flexibility index (Phi) is 4.52. The maximum absolute atomic E-state index is 11.8. The fraction of sp³-hybridized carbons (Fsp3) is 0.533. The van der Waals surface area contributed by atoms with Gasteiger partial charge in [0.1, 0.15) is 0 Å². The molecule has 2 atom stereocenters. The van der Waals surface area contributed by atoms with Crippen LogP contribution in [0.25, 0.3) is 0 Å². The number of aliphatic hydroxyl groups is 1. The Morgan fingerprint density at radius 2 is 2.00 bits per heavy atom. The molecule has 1 N–H and O–H groups in total. The third-order valence-corrected chi connectivity index (χ3v) is 3.56. The lowest BCUT2D eigenvalue weighted by atomic mass is 9.84. The van der Waals surface area contributed by atoms with E-state index in [2.05, 4.69) is 0 Å². The average Bonchev–Trinajstić information content (AvgIpc) is 2.32. The number of ether oxygens (including phenoxy) is 1. The maximum Gasteiger partial charge on any atom is 0.338 e. The summed E-state index contributed by atoms with van der Waals surface area (Å²) in [6, 6.07) is 5.96. The van der Waals surface area contributed by atoms with Crippen LogP contribution in [0, 0.1) is 13.8 Å². The molecule has 0 amide bonds. The van der Waals surface area contributed by atoms with Crippen molar-refractivity contribution in [1.29, 1.82) is 0 Å². The molecule has 0 aromatic heterocycles. The van der Waals surface area contributed by atoms with Crippen LogP contribution in [0.15, 0.2) is 18.2 Å². The first-order valence-corrected chi connectivity index (χ1v) is 6.27. The molecule has 0 bridgehead atoms. The largest absolute Gasteiger partial charge is 0.464 e. The average molecular weight is 250 g/mol. The lowest BCUT2D eigenvalue weighted by molar-refractivity contribution is -0.165. The molecule has 18 heavy (non-hydrogen) atoms. The molecule has 0 saturated carbocycles. The SMILES string of the molecule is CCOC(=O)C(C)(O)C(C)c1ccc(C)c(C)c1. The summed E-state index contributed by atoms with van der Waals surface area (Å²) in [5.74, 6) is -0.883. The van der Waals surface area contributed by atoms with Gasteiger partial charge < -0.3 is 9.84 Å². The fourth-order valence-electron chi connectivity index (χ4n) is 1.81. The number of carbonyl (C=O) groups is 1. The van der Waals surface area contributed by atoms with Crippen molar-refractivity contribution in [3.8, 4) is 0 Å². The van der Waals surface area contributed by atoms with Gasteiger partial charge in [-0.3, -0.25) is 0 Å². The van der Waals surface area contributed by atoms with E-state index in [1.807, 2.05) is 39.0 Å². The summed E-state index contributed by atoms with van der Waals surface area (Å²) in [6.07, 6.45) is 0. The van der Waals surface area contributed by atoms with Gasteiger partial charge in [-0.05, 0) is 44.4 Å².